The molecule has 2 aromatic rings. The molecule has 0 spiro atoms. The zero-order valence-corrected chi connectivity index (χ0v) is 18.7. The number of likely N-dealkylation sites (tertiary alicyclic amines) is 1. The molecule has 1 saturated heterocycles. The lowest BCUT2D eigenvalue weighted by Crippen LogP contribution is -2.37. The number of benzene rings is 2. The van der Waals surface area contributed by atoms with E-state index < -0.39 is 0 Å². The third-order valence-electron chi connectivity index (χ3n) is 6.17. The second kappa shape index (κ2) is 9.90. The minimum absolute atomic E-state index is 0.270. The monoisotopic (exact) mass is 430 g/mol. The molecule has 6 heteroatoms. The molecule has 162 valence electrons. The van der Waals surface area contributed by atoms with E-state index in [0.29, 0.717) is 0 Å². The molecule has 2 heterocycles. The Hall–Kier alpha value is -1.95. The van der Waals surface area contributed by atoms with Crippen LogP contribution in [-0.2, 0) is 13.0 Å². The summed E-state index contributed by atoms with van der Waals surface area (Å²) in [6.07, 6.45) is 3.51. The van der Waals surface area contributed by atoms with E-state index in [2.05, 4.69) is 29.0 Å². The number of hydrogen-bond donors (Lipinski definition) is 0. The van der Waals surface area contributed by atoms with Crippen LogP contribution in [0.15, 0.2) is 36.4 Å². The Kier molecular flexibility index (Phi) is 7.03. The van der Waals surface area contributed by atoms with Crippen molar-refractivity contribution in [3.05, 3.63) is 52.5 Å². The van der Waals surface area contributed by atoms with Gasteiger partial charge in [-0.1, -0.05) is 23.7 Å². The van der Waals surface area contributed by atoms with Gasteiger partial charge in [0.15, 0.2) is 11.5 Å². The summed E-state index contributed by atoms with van der Waals surface area (Å²) >= 11 is 6.58. The van der Waals surface area contributed by atoms with Crippen LogP contribution in [0.2, 0.25) is 5.02 Å². The highest BCUT2D eigenvalue weighted by Crippen LogP contribution is 2.37. The summed E-state index contributed by atoms with van der Waals surface area (Å²) in [6.45, 7) is 5.53. The van der Waals surface area contributed by atoms with Crippen LogP contribution < -0.4 is 14.2 Å². The molecule has 0 radical (unpaired) electrons. The summed E-state index contributed by atoms with van der Waals surface area (Å²) in [5.41, 5.74) is 2.42. The van der Waals surface area contributed by atoms with Gasteiger partial charge >= 0.3 is 0 Å². The smallest absolute Gasteiger partial charge is 0.231 e. The van der Waals surface area contributed by atoms with E-state index in [1.165, 1.54) is 31.5 Å². The van der Waals surface area contributed by atoms with Crippen LogP contribution in [0.5, 0.6) is 17.2 Å². The summed E-state index contributed by atoms with van der Waals surface area (Å²) in [4.78, 5) is 4.97. The molecule has 1 fully saturated rings. The van der Waals surface area contributed by atoms with Crippen molar-refractivity contribution in [2.45, 2.75) is 25.8 Å². The normalized spacial score (nSPS) is 16.9. The van der Waals surface area contributed by atoms with Gasteiger partial charge in [0, 0.05) is 30.7 Å². The highest BCUT2D eigenvalue weighted by molar-refractivity contribution is 6.31. The SMILES string of the molecule is COc1ccc(CCN(Cc2cc3c(cc2Cl)OCO3)CC2CCN(C)CC2)cc1. The first-order chi connectivity index (χ1) is 14.6. The van der Waals surface area contributed by atoms with Crippen LogP contribution in [0, 0.1) is 5.92 Å². The molecule has 0 amide bonds. The number of ether oxygens (including phenoxy) is 3. The summed E-state index contributed by atoms with van der Waals surface area (Å²) in [7, 11) is 3.91. The molecule has 0 saturated carbocycles. The van der Waals surface area contributed by atoms with Gasteiger partial charge in [0.2, 0.25) is 6.79 Å². The highest BCUT2D eigenvalue weighted by Gasteiger charge is 2.22. The Morgan fingerprint density at radius 1 is 1.10 bits per heavy atom. The van der Waals surface area contributed by atoms with Crippen LogP contribution in [0.4, 0.5) is 0 Å². The number of halogens is 1. The van der Waals surface area contributed by atoms with Gasteiger partial charge < -0.3 is 19.1 Å². The van der Waals surface area contributed by atoms with Crippen molar-refractivity contribution in [1.29, 1.82) is 0 Å². The Morgan fingerprint density at radius 2 is 1.80 bits per heavy atom. The number of piperidine rings is 1. The molecule has 0 unspecified atom stereocenters. The van der Waals surface area contributed by atoms with E-state index in [4.69, 9.17) is 25.8 Å². The van der Waals surface area contributed by atoms with Crippen LogP contribution in [0.1, 0.15) is 24.0 Å². The van der Waals surface area contributed by atoms with Crippen LogP contribution in [-0.4, -0.2) is 56.9 Å². The zero-order chi connectivity index (χ0) is 20.9. The largest absolute Gasteiger partial charge is 0.497 e. The quantitative estimate of drug-likeness (QED) is 0.617. The van der Waals surface area contributed by atoms with Gasteiger partial charge in [-0.25, -0.2) is 0 Å². The first-order valence-electron chi connectivity index (χ1n) is 10.7. The van der Waals surface area contributed by atoms with E-state index in [-0.39, 0.29) is 6.79 Å². The molecular weight excluding hydrogens is 400 g/mol. The number of nitrogens with zero attached hydrogens (tertiary/aromatic N) is 2. The van der Waals surface area contributed by atoms with E-state index >= 15 is 0 Å². The molecule has 2 aromatic carbocycles. The van der Waals surface area contributed by atoms with Gasteiger partial charge in [-0.3, -0.25) is 4.90 Å². The molecule has 0 bridgehead atoms. The van der Waals surface area contributed by atoms with Gasteiger partial charge in [-0.15, -0.1) is 0 Å². The molecule has 30 heavy (non-hydrogen) atoms. The zero-order valence-electron chi connectivity index (χ0n) is 17.9. The number of methoxy groups -OCH3 is 1. The summed E-state index contributed by atoms with van der Waals surface area (Å²) in [5, 5.41) is 0.747. The third kappa shape index (κ3) is 5.39. The first kappa shape index (κ1) is 21.3. The second-order valence-electron chi connectivity index (χ2n) is 8.38. The lowest BCUT2D eigenvalue weighted by atomic mass is 9.96. The maximum Gasteiger partial charge on any atom is 0.231 e. The van der Waals surface area contributed by atoms with Gasteiger partial charge in [0.1, 0.15) is 5.75 Å². The Bertz CT molecular complexity index is 835. The molecule has 2 aliphatic rings. The van der Waals surface area contributed by atoms with E-state index in [1.54, 1.807) is 7.11 Å². The summed E-state index contributed by atoms with van der Waals surface area (Å²) in [6, 6.07) is 12.3. The van der Waals surface area contributed by atoms with Crippen molar-refractivity contribution in [3.8, 4) is 17.2 Å². The van der Waals surface area contributed by atoms with Crippen molar-refractivity contribution < 1.29 is 14.2 Å². The van der Waals surface area contributed by atoms with E-state index in [0.717, 1.165) is 59.8 Å². The van der Waals surface area contributed by atoms with Crippen molar-refractivity contribution >= 4 is 11.6 Å². The Labute approximate surface area is 184 Å². The first-order valence-corrected chi connectivity index (χ1v) is 11.1. The van der Waals surface area contributed by atoms with E-state index in [9.17, 15) is 0 Å². The van der Waals surface area contributed by atoms with Gasteiger partial charge in [-0.05, 0) is 74.6 Å². The molecular formula is C24H31ClN2O3. The molecule has 2 aliphatic heterocycles. The third-order valence-corrected chi connectivity index (χ3v) is 6.52. The fourth-order valence-electron chi connectivity index (χ4n) is 4.25. The topological polar surface area (TPSA) is 34.2 Å². The average molecular weight is 431 g/mol. The van der Waals surface area contributed by atoms with Crippen molar-refractivity contribution in [2.24, 2.45) is 5.92 Å². The molecule has 0 aromatic heterocycles. The van der Waals surface area contributed by atoms with Gasteiger partial charge in [0.05, 0.1) is 7.11 Å². The predicted octanol–water partition coefficient (Wildman–Crippen LogP) is 4.46. The Morgan fingerprint density at radius 3 is 2.50 bits per heavy atom. The summed E-state index contributed by atoms with van der Waals surface area (Å²) < 4.78 is 16.3. The molecule has 0 N–H and O–H groups in total. The highest BCUT2D eigenvalue weighted by atomic mass is 35.5. The van der Waals surface area contributed by atoms with Crippen molar-refractivity contribution in [3.63, 3.8) is 0 Å². The van der Waals surface area contributed by atoms with Crippen LogP contribution in [0.25, 0.3) is 0 Å². The van der Waals surface area contributed by atoms with Gasteiger partial charge in [0.25, 0.3) is 0 Å². The fourth-order valence-corrected chi connectivity index (χ4v) is 4.46. The number of hydrogen-bond acceptors (Lipinski definition) is 5. The minimum atomic E-state index is 0.270. The maximum atomic E-state index is 6.58. The standard InChI is InChI=1S/C24H31ClN2O3/c1-26-10-7-19(8-11-26)15-27(12-9-18-3-5-21(28-2)6-4-18)16-20-13-23-24(14-22(20)25)30-17-29-23/h3-6,13-14,19H,7-12,15-17H2,1-2H3. The molecule has 4 rings (SSSR count). The summed E-state index contributed by atoms with van der Waals surface area (Å²) in [5.74, 6) is 3.16. The minimum Gasteiger partial charge on any atom is -0.497 e. The lowest BCUT2D eigenvalue weighted by molar-refractivity contribution is 0.156. The predicted molar refractivity (Wildman–Crippen MR) is 120 cm³/mol. The average Bonchev–Trinajstić information content (AvgIpc) is 3.21. The van der Waals surface area contributed by atoms with Crippen LogP contribution >= 0.6 is 11.6 Å². The number of fused-ring (bicyclic) bond motifs is 1. The fraction of sp³-hybridized carbons (Fsp3) is 0.500. The molecule has 0 aliphatic carbocycles. The van der Waals surface area contributed by atoms with E-state index in [1.807, 2.05) is 24.3 Å². The lowest BCUT2D eigenvalue weighted by Gasteiger charge is -2.33. The molecule has 0 atom stereocenters. The van der Waals surface area contributed by atoms with Crippen LogP contribution in [0.3, 0.4) is 0 Å². The van der Waals surface area contributed by atoms with Gasteiger partial charge in [-0.2, -0.15) is 0 Å². The number of rotatable bonds is 8. The maximum absolute atomic E-state index is 6.58. The second-order valence-corrected chi connectivity index (χ2v) is 8.78. The van der Waals surface area contributed by atoms with Crippen molar-refractivity contribution in [1.82, 2.24) is 9.80 Å². The van der Waals surface area contributed by atoms with Crippen molar-refractivity contribution in [2.75, 3.05) is 47.1 Å². The molecule has 5 nitrogen and oxygen atoms in total. The Balaban J connectivity index is 1.45.